The van der Waals surface area contributed by atoms with Gasteiger partial charge in [0.1, 0.15) is 0 Å². The van der Waals surface area contributed by atoms with E-state index in [2.05, 4.69) is 56.3 Å². The maximum atomic E-state index is 5.50. The van der Waals surface area contributed by atoms with E-state index in [4.69, 9.17) is 8.85 Å². The zero-order valence-electron chi connectivity index (χ0n) is 11.9. The average Bonchev–Trinajstić information content (AvgIpc) is 2.43. The van der Waals surface area contributed by atoms with Crippen LogP contribution in [-0.2, 0) is 8.85 Å². The van der Waals surface area contributed by atoms with Crippen molar-refractivity contribution in [2.45, 2.75) is 13.8 Å². The predicted molar refractivity (Wildman–Crippen MR) is 82.2 cm³/mol. The van der Waals surface area contributed by atoms with Crippen molar-refractivity contribution >= 4 is 14.5 Å². The molecule has 0 amide bonds. The fourth-order valence-corrected chi connectivity index (χ4v) is 3.90. The molecule has 2 nitrogen and oxygen atoms in total. The number of aryl methyl sites for hydroxylation is 1. The van der Waals surface area contributed by atoms with E-state index in [1.807, 2.05) is 0 Å². The second-order valence-corrected chi connectivity index (χ2v) is 6.87. The summed E-state index contributed by atoms with van der Waals surface area (Å²) in [5.41, 5.74) is 5.09. The number of hydrogen-bond donors (Lipinski definition) is 0. The molecule has 19 heavy (non-hydrogen) atoms. The van der Waals surface area contributed by atoms with E-state index in [1.165, 1.54) is 27.4 Å². The van der Waals surface area contributed by atoms with Gasteiger partial charge in [-0.15, -0.1) is 0 Å². The quantitative estimate of drug-likeness (QED) is 0.797. The Balaban J connectivity index is 2.55. The molecular formula is C16H20O2Si. The fraction of sp³-hybridized carbons (Fsp3) is 0.250. The van der Waals surface area contributed by atoms with Crippen LogP contribution in [0.15, 0.2) is 42.5 Å². The minimum atomic E-state index is -1.76. The highest BCUT2D eigenvalue weighted by atomic mass is 28.3. The van der Waals surface area contributed by atoms with Gasteiger partial charge in [0.05, 0.1) is 0 Å². The minimum Gasteiger partial charge on any atom is -0.397 e. The van der Waals surface area contributed by atoms with Gasteiger partial charge in [0.2, 0.25) is 0 Å². The second-order valence-electron chi connectivity index (χ2n) is 4.64. The van der Waals surface area contributed by atoms with Gasteiger partial charge in [-0.2, -0.15) is 0 Å². The van der Waals surface area contributed by atoms with Gasteiger partial charge in [-0.05, 0) is 41.3 Å². The SMILES string of the molecule is CO[SiH](OC)c1cccc(-c2ccccc2C)c1C. The summed E-state index contributed by atoms with van der Waals surface area (Å²) in [4.78, 5) is 0. The molecule has 2 rings (SSSR count). The van der Waals surface area contributed by atoms with E-state index >= 15 is 0 Å². The monoisotopic (exact) mass is 272 g/mol. The average molecular weight is 272 g/mol. The van der Waals surface area contributed by atoms with Gasteiger partial charge < -0.3 is 8.85 Å². The van der Waals surface area contributed by atoms with Gasteiger partial charge in [-0.3, -0.25) is 0 Å². The summed E-state index contributed by atoms with van der Waals surface area (Å²) in [6.07, 6.45) is 0. The van der Waals surface area contributed by atoms with Crippen LogP contribution >= 0.6 is 0 Å². The van der Waals surface area contributed by atoms with Gasteiger partial charge >= 0.3 is 9.28 Å². The molecule has 0 radical (unpaired) electrons. The summed E-state index contributed by atoms with van der Waals surface area (Å²) >= 11 is 0. The zero-order chi connectivity index (χ0) is 13.8. The van der Waals surface area contributed by atoms with Crippen molar-refractivity contribution in [3.05, 3.63) is 53.6 Å². The van der Waals surface area contributed by atoms with Crippen LogP contribution in [0.25, 0.3) is 11.1 Å². The van der Waals surface area contributed by atoms with Crippen molar-refractivity contribution in [1.82, 2.24) is 0 Å². The Bertz CT molecular complexity index is 562. The van der Waals surface area contributed by atoms with Crippen LogP contribution in [-0.4, -0.2) is 23.5 Å². The fourth-order valence-electron chi connectivity index (χ4n) is 2.43. The molecule has 0 bridgehead atoms. The standard InChI is InChI=1S/C16H20O2Si/c1-12-8-5-6-9-14(12)15-10-7-11-16(13(15)2)19(17-3)18-4/h5-11,19H,1-4H3. The Morgan fingerprint density at radius 2 is 1.42 bits per heavy atom. The Kier molecular flexibility index (Phi) is 4.53. The van der Waals surface area contributed by atoms with Crippen LogP contribution in [0.5, 0.6) is 0 Å². The molecule has 0 atom stereocenters. The highest BCUT2D eigenvalue weighted by Crippen LogP contribution is 2.25. The number of benzene rings is 2. The van der Waals surface area contributed by atoms with Crippen molar-refractivity contribution < 1.29 is 8.85 Å². The van der Waals surface area contributed by atoms with Gasteiger partial charge in [-0.25, -0.2) is 0 Å². The molecule has 0 saturated heterocycles. The molecule has 0 unspecified atom stereocenters. The zero-order valence-corrected chi connectivity index (χ0v) is 13.1. The van der Waals surface area contributed by atoms with Crippen LogP contribution in [0.2, 0.25) is 0 Å². The topological polar surface area (TPSA) is 18.5 Å². The van der Waals surface area contributed by atoms with Gasteiger partial charge in [0.15, 0.2) is 0 Å². The van der Waals surface area contributed by atoms with Crippen LogP contribution in [0.4, 0.5) is 0 Å². The summed E-state index contributed by atoms with van der Waals surface area (Å²) in [6, 6.07) is 14.8. The Hall–Kier alpha value is -1.42. The van der Waals surface area contributed by atoms with Crippen LogP contribution < -0.4 is 5.19 Å². The summed E-state index contributed by atoms with van der Waals surface area (Å²) in [5, 5.41) is 1.21. The van der Waals surface area contributed by atoms with Gasteiger partial charge in [0, 0.05) is 14.2 Å². The maximum Gasteiger partial charge on any atom is 0.355 e. The van der Waals surface area contributed by atoms with E-state index in [-0.39, 0.29) is 0 Å². The van der Waals surface area contributed by atoms with Crippen molar-refractivity contribution in [1.29, 1.82) is 0 Å². The van der Waals surface area contributed by atoms with E-state index < -0.39 is 9.28 Å². The Morgan fingerprint density at radius 1 is 0.789 bits per heavy atom. The first-order valence-corrected chi connectivity index (χ1v) is 7.92. The summed E-state index contributed by atoms with van der Waals surface area (Å²) in [5.74, 6) is 0. The molecule has 0 aromatic heterocycles. The molecule has 0 saturated carbocycles. The summed E-state index contributed by atoms with van der Waals surface area (Å²) < 4.78 is 11.0. The second kappa shape index (κ2) is 6.15. The molecule has 3 heteroatoms. The normalized spacial score (nSPS) is 11.0. The number of hydrogen-bond acceptors (Lipinski definition) is 2. The summed E-state index contributed by atoms with van der Waals surface area (Å²) in [6.45, 7) is 4.29. The third-order valence-corrected chi connectivity index (χ3v) is 5.48. The summed E-state index contributed by atoms with van der Waals surface area (Å²) in [7, 11) is 1.69. The first kappa shape index (κ1) is 14.0. The maximum absolute atomic E-state index is 5.50. The van der Waals surface area contributed by atoms with Crippen molar-refractivity contribution in [2.24, 2.45) is 0 Å². The van der Waals surface area contributed by atoms with Crippen molar-refractivity contribution in [3.63, 3.8) is 0 Å². The van der Waals surface area contributed by atoms with E-state index in [9.17, 15) is 0 Å². The van der Waals surface area contributed by atoms with Crippen molar-refractivity contribution in [2.75, 3.05) is 14.2 Å². The molecule has 0 fully saturated rings. The van der Waals surface area contributed by atoms with Crippen molar-refractivity contribution in [3.8, 4) is 11.1 Å². The molecule has 0 aliphatic carbocycles. The lowest BCUT2D eigenvalue weighted by Gasteiger charge is -2.17. The highest BCUT2D eigenvalue weighted by Gasteiger charge is 2.18. The molecule has 0 aliphatic heterocycles. The van der Waals surface area contributed by atoms with Crippen LogP contribution in [0.1, 0.15) is 11.1 Å². The highest BCUT2D eigenvalue weighted by molar-refractivity contribution is 6.61. The van der Waals surface area contributed by atoms with Crippen LogP contribution in [0.3, 0.4) is 0 Å². The lowest BCUT2D eigenvalue weighted by molar-refractivity contribution is 0.292. The minimum absolute atomic E-state index is 1.21. The number of rotatable bonds is 4. The third-order valence-electron chi connectivity index (χ3n) is 3.49. The van der Waals surface area contributed by atoms with Gasteiger partial charge in [0.25, 0.3) is 0 Å². The van der Waals surface area contributed by atoms with Crippen LogP contribution in [0, 0.1) is 13.8 Å². The lowest BCUT2D eigenvalue weighted by Crippen LogP contribution is -2.36. The van der Waals surface area contributed by atoms with Gasteiger partial charge in [-0.1, -0.05) is 42.5 Å². The molecule has 0 aliphatic rings. The Morgan fingerprint density at radius 3 is 2.05 bits per heavy atom. The first-order valence-electron chi connectivity index (χ1n) is 6.40. The molecule has 0 N–H and O–H groups in total. The predicted octanol–water partition coefficient (Wildman–Crippen LogP) is 2.69. The molecule has 0 heterocycles. The molecule has 0 spiro atoms. The largest absolute Gasteiger partial charge is 0.397 e. The van der Waals surface area contributed by atoms with E-state index in [0.717, 1.165) is 0 Å². The van der Waals surface area contributed by atoms with E-state index in [1.54, 1.807) is 14.2 Å². The third kappa shape index (κ3) is 2.78. The molecule has 2 aromatic carbocycles. The molecule has 2 aromatic rings. The Labute approximate surface area is 116 Å². The first-order chi connectivity index (χ1) is 9.19. The van der Waals surface area contributed by atoms with E-state index in [0.29, 0.717) is 0 Å². The lowest BCUT2D eigenvalue weighted by atomic mass is 9.97. The smallest absolute Gasteiger partial charge is 0.355 e. The molecule has 100 valence electrons. The molecular weight excluding hydrogens is 252 g/mol.